The highest BCUT2D eigenvalue weighted by atomic mass is 35.5. The lowest BCUT2D eigenvalue weighted by Gasteiger charge is -2.34. The molecule has 3 aromatic rings. The minimum absolute atomic E-state index is 0.00725. The first-order valence-electron chi connectivity index (χ1n) is 13.3. The van der Waals surface area contributed by atoms with Gasteiger partial charge in [-0.15, -0.1) is 0 Å². The summed E-state index contributed by atoms with van der Waals surface area (Å²) >= 11 is 12.4. The van der Waals surface area contributed by atoms with Crippen molar-refractivity contribution in [1.29, 1.82) is 0 Å². The van der Waals surface area contributed by atoms with Crippen LogP contribution in [0.5, 0.6) is 5.75 Å². The van der Waals surface area contributed by atoms with Gasteiger partial charge >= 0.3 is 0 Å². The highest BCUT2D eigenvalue weighted by Gasteiger charge is 2.35. The third-order valence-electron chi connectivity index (χ3n) is 6.69. The van der Waals surface area contributed by atoms with E-state index < -0.39 is 28.5 Å². The summed E-state index contributed by atoms with van der Waals surface area (Å²) in [5.74, 6) is -0.630. The molecule has 0 aliphatic rings. The first-order valence-corrected chi connectivity index (χ1v) is 15.5. The van der Waals surface area contributed by atoms with E-state index in [0.717, 1.165) is 4.31 Å². The molecule has 3 rings (SSSR count). The smallest absolute Gasteiger partial charge is 0.264 e. The number of carbonyl (C=O) groups is 2. The Kier molecular flexibility index (Phi) is 11.5. The molecular formula is C30H35Cl2N3O5S. The van der Waals surface area contributed by atoms with Crippen molar-refractivity contribution in [2.45, 2.75) is 57.1 Å². The van der Waals surface area contributed by atoms with Gasteiger partial charge in [-0.05, 0) is 61.7 Å². The lowest BCUT2D eigenvalue weighted by Crippen LogP contribution is -2.53. The number of anilines is 1. The van der Waals surface area contributed by atoms with Gasteiger partial charge in [0.25, 0.3) is 10.0 Å². The molecule has 1 N–H and O–H groups in total. The number of rotatable bonds is 13. The molecule has 0 spiro atoms. The summed E-state index contributed by atoms with van der Waals surface area (Å²) in [6.07, 6.45) is 1.01. The van der Waals surface area contributed by atoms with Gasteiger partial charge in [-0.25, -0.2) is 8.42 Å². The number of halogens is 2. The average molecular weight is 621 g/mol. The van der Waals surface area contributed by atoms with Crippen molar-refractivity contribution in [3.05, 3.63) is 88.4 Å². The lowest BCUT2D eigenvalue weighted by molar-refractivity contribution is -0.140. The molecule has 3 aromatic carbocycles. The van der Waals surface area contributed by atoms with Crippen LogP contribution in [0.1, 0.15) is 39.2 Å². The first-order chi connectivity index (χ1) is 19.5. The third kappa shape index (κ3) is 7.93. The van der Waals surface area contributed by atoms with Gasteiger partial charge in [0, 0.05) is 12.6 Å². The van der Waals surface area contributed by atoms with Crippen LogP contribution >= 0.6 is 23.2 Å². The summed E-state index contributed by atoms with van der Waals surface area (Å²) in [7, 11) is -2.78. The van der Waals surface area contributed by atoms with Gasteiger partial charge in [0.05, 0.1) is 27.7 Å². The summed E-state index contributed by atoms with van der Waals surface area (Å²) in [5, 5.41) is 3.60. The van der Waals surface area contributed by atoms with Crippen LogP contribution in [0.3, 0.4) is 0 Å². The molecule has 2 atom stereocenters. The molecule has 0 fully saturated rings. The minimum Gasteiger partial charge on any atom is -0.495 e. The van der Waals surface area contributed by atoms with Crippen molar-refractivity contribution in [1.82, 2.24) is 10.2 Å². The second-order valence-electron chi connectivity index (χ2n) is 9.51. The molecular weight excluding hydrogens is 585 g/mol. The van der Waals surface area contributed by atoms with Gasteiger partial charge < -0.3 is 15.0 Å². The zero-order valence-corrected chi connectivity index (χ0v) is 25.8. The summed E-state index contributed by atoms with van der Waals surface area (Å²) in [5.41, 5.74) is 0.830. The minimum atomic E-state index is -4.21. The second-order valence-corrected chi connectivity index (χ2v) is 12.2. The normalized spacial score (nSPS) is 12.7. The van der Waals surface area contributed by atoms with Gasteiger partial charge in [-0.3, -0.25) is 13.9 Å². The summed E-state index contributed by atoms with van der Waals surface area (Å²) in [4.78, 5) is 28.9. The quantitative estimate of drug-likeness (QED) is 0.256. The number of nitrogens with zero attached hydrogens (tertiary/aromatic N) is 2. The van der Waals surface area contributed by atoms with E-state index >= 15 is 0 Å². The van der Waals surface area contributed by atoms with Crippen LogP contribution in [0.2, 0.25) is 10.0 Å². The fraction of sp³-hybridized carbons (Fsp3) is 0.333. The molecule has 0 bridgehead atoms. The largest absolute Gasteiger partial charge is 0.495 e. The molecule has 0 aromatic heterocycles. The van der Waals surface area contributed by atoms with Gasteiger partial charge in [-0.2, -0.15) is 0 Å². The molecule has 8 nitrogen and oxygen atoms in total. The lowest BCUT2D eigenvalue weighted by atomic mass is 10.1. The summed E-state index contributed by atoms with van der Waals surface area (Å²) in [6, 6.07) is 18.4. The Bertz CT molecular complexity index is 1450. The van der Waals surface area contributed by atoms with Crippen molar-refractivity contribution in [2.24, 2.45) is 0 Å². The SMILES string of the molecule is CC[C@H](C)NC(=O)[C@H](CC)N(Cc1ccc(Cl)c(Cl)c1)C(=O)CN(c1ccccc1OC)S(=O)(=O)c1ccccc1. The van der Waals surface area contributed by atoms with E-state index in [-0.39, 0.29) is 34.8 Å². The van der Waals surface area contributed by atoms with Crippen LogP contribution < -0.4 is 14.4 Å². The molecule has 0 unspecified atom stereocenters. The van der Waals surface area contributed by atoms with Crippen molar-refractivity contribution in [2.75, 3.05) is 18.0 Å². The van der Waals surface area contributed by atoms with E-state index in [1.165, 1.54) is 24.1 Å². The van der Waals surface area contributed by atoms with E-state index in [0.29, 0.717) is 28.5 Å². The number of carbonyl (C=O) groups excluding carboxylic acids is 2. The fourth-order valence-electron chi connectivity index (χ4n) is 4.26. The summed E-state index contributed by atoms with van der Waals surface area (Å²) < 4.78 is 34.4. The molecule has 2 amide bonds. The molecule has 220 valence electrons. The van der Waals surface area contributed by atoms with Crippen LogP contribution in [-0.4, -0.2) is 50.9 Å². The Balaban J connectivity index is 2.10. The molecule has 0 saturated carbocycles. The van der Waals surface area contributed by atoms with Crippen LogP contribution in [-0.2, 0) is 26.2 Å². The van der Waals surface area contributed by atoms with Crippen LogP contribution in [0.15, 0.2) is 77.7 Å². The highest BCUT2D eigenvalue weighted by Crippen LogP contribution is 2.33. The number of methoxy groups -OCH3 is 1. The Morgan fingerprint density at radius 1 is 0.927 bits per heavy atom. The van der Waals surface area contributed by atoms with Crippen molar-refractivity contribution in [3.63, 3.8) is 0 Å². The van der Waals surface area contributed by atoms with Crippen molar-refractivity contribution < 1.29 is 22.7 Å². The van der Waals surface area contributed by atoms with Gasteiger partial charge in [0.1, 0.15) is 18.3 Å². The highest BCUT2D eigenvalue weighted by molar-refractivity contribution is 7.92. The number of hydrogen-bond donors (Lipinski definition) is 1. The van der Waals surface area contributed by atoms with Crippen LogP contribution in [0.25, 0.3) is 0 Å². The molecule has 0 saturated heterocycles. The average Bonchev–Trinajstić information content (AvgIpc) is 2.97. The number of hydrogen-bond acceptors (Lipinski definition) is 5. The number of ether oxygens (including phenoxy) is 1. The topological polar surface area (TPSA) is 96.0 Å². The number of para-hydroxylation sites is 2. The number of benzene rings is 3. The van der Waals surface area contributed by atoms with Crippen molar-refractivity contribution >= 4 is 50.7 Å². The molecule has 0 aliphatic carbocycles. The molecule has 11 heteroatoms. The number of sulfonamides is 1. The maximum Gasteiger partial charge on any atom is 0.264 e. The fourth-order valence-corrected chi connectivity index (χ4v) is 6.03. The molecule has 0 radical (unpaired) electrons. The Labute approximate surface area is 252 Å². The third-order valence-corrected chi connectivity index (χ3v) is 9.20. The number of amides is 2. The molecule has 41 heavy (non-hydrogen) atoms. The Hall–Kier alpha value is -3.27. The van der Waals surface area contributed by atoms with E-state index in [1.54, 1.807) is 67.6 Å². The maximum absolute atomic E-state index is 14.2. The zero-order valence-electron chi connectivity index (χ0n) is 23.5. The van der Waals surface area contributed by atoms with Crippen LogP contribution in [0.4, 0.5) is 5.69 Å². The van der Waals surface area contributed by atoms with E-state index in [2.05, 4.69) is 5.32 Å². The van der Waals surface area contributed by atoms with Gasteiger partial charge in [-0.1, -0.05) is 73.4 Å². The predicted octanol–water partition coefficient (Wildman–Crippen LogP) is 5.92. The van der Waals surface area contributed by atoms with Crippen LogP contribution in [0, 0.1) is 0 Å². The standard InChI is InChI=1S/C30H35Cl2N3O5S/c1-5-21(3)33-30(37)26(6-2)34(19-22-16-17-24(31)25(32)18-22)29(36)20-35(27-14-10-11-15-28(27)40-4)41(38,39)23-12-8-7-9-13-23/h7-18,21,26H,5-6,19-20H2,1-4H3,(H,33,37)/t21-,26-/m0/s1. The first kappa shape index (κ1) is 32.2. The maximum atomic E-state index is 14.2. The zero-order chi connectivity index (χ0) is 30.2. The Morgan fingerprint density at radius 2 is 1.59 bits per heavy atom. The van der Waals surface area contributed by atoms with E-state index in [1.807, 2.05) is 13.8 Å². The van der Waals surface area contributed by atoms with E-state index in [9.17, 15) is 18.0 Å². The second kappa shape index (κ2) is 14.6. The molecule has 0 aliphatic heterocycles. The van der Waals surface area contributed by atoms with Gasteiger partial charge in [0.2, 0.25) is 11.8 Å². The van der Waals surface area contributed by atoms with E-state index in [4.69, 9.17) is 27.9 Å². The molecule has 0 heterocycles. The summed E-state index contributed by atoms with van der Waals surface area (Å²) in [6.45, 7) is 5.06. The van der Waals surface area contributed by atoms with Gasteiger partial charge in [0.15, 0.2) is 0 Å². The van der Waals surface area contributed by atoms with Crippen molar-refractivity contribution in [3.8, 4) is 5.75 Å². The monoisotopic (exact) mass is 619 g/mol. The predicted molar refractivity (Wildman–Crippen MR) is 163 cm³/mol. The number of nitrogens with one attached hydrogen (secondary N) is 1. The Morgan fingerprint density at radius 3 is 2.20 bits per heavy atom.